The van der Waals surface area contributed by atoms with Gasteiger partial charge in [-0.1, -0.05) is 10.3 Å². The number of fused-ring (bicyclic) bond motifs is 1. The fourth-order valence-electron chi connectivity index (χ4n) is 2.51. The molecule has 124 valence electrons. The molecule has 0 unspecified atom stereocenters. The van der Waals surface area contributed by atoms with E-state index in [1.165, 1.54) is 32.0 Å². The molecular weight excluding hydrogens is 323 g/mol. The minimum atomic E-state index is -3.83. The van der Waals surface area contributed by atoms with Crippen molar-refractivity contribution in [1.82, 2.24) is 5.16 Å². The molecule has 6 nitrogen and oxygen atoms in total. The zero-order valence-electron chi connectivity index (χ0n) is 13.3. The van der Waals surface area contributed by atoms with Crippen LogP contribution in [0.25, 0.3) is 11.0 Å². The lowest BCUT2D eigenvalue weighted by atomic mass is 10.1. The van der Waals surface area contributed by atoms with Crippen molar-refractivity contribution in [3.05, 3.63) is 29.7 Å². The molecule has 2 heterocycles. The van der Waals surface area contributed by atoms with Crippen molar-refractivity contribution in [1.29, 1.82) is 0 Å². The fraction of sp³-hybridized carbons (Fsp3) is 0.467. The van der Waals surface area contributed by atoms with Crippen LogP contribution < -0.4 is 0 Å². The van der Waals surface area contributed by atoms with Crippen LogP contribution >= 0.6 is 0 Å². The highest BCUT2D eigenvalue weighted by Gasteiger charge is 2.47. The first-order valence-electron chi connectivity index (χ1n) is 7.10. The average Bonchev–Trinajstić information content (AvgIpc) is 3.01. The third-order valence-corrected chi connectivity index (χ3v) is 6.33. The van der Waals surface area contributed by atoms with Gasteiger partial charge in [0.2, 0.25) is 9.84 Å². The van der Waals surface area contributed by atoms with Crippen molar-refractivity contribution in [3.8, 4) is 0 Å². The zero-order chi connectivity index (χ0) is 17.0. The van der Waals surface area contributed by atoms with E-state index < -0.39 is 26.0 Å². The number of rotatable bonds is 2. The Hall–Kier alpha value is -1.96. The monoisotopic (exact) mass is 340 g/mol. The molecule has 0 N–H and O–H groups in total. The standard InChI is InChI=1S/C15H17FN2O4S/c1-14(2)8-12(17-22-14)23(19,20)15(3,4)13-10-6-5-9(16)7-11(10)21-18-13/h5-7H,8H2,1-4H3. The number of hydrogen-bond acceptors (Lipinski definition) is 6. The number of sulfone groups is 1. The van der Waals surface area contributed by atoms with Crippen LogP contribution in [0.2, 0.25) is 0 Å². The summed E-state index contributed by atoms with van der Waals surface area (Å²) in [5, 5.41) is 8.04. The van der Waals surface area contributed by atoms with E-state index in [2.05, 4.69) is 10.3 Å². The van der Waals surface area contributed by atoms with E-state index in [4.69, 9.17) is 9.36 Å². The van der Waals surface area contributed by atoms with E-state index in [1.807, 2.05) is 0 Å². The van der Waals surface area contributed by atoms with Crippen LogP contribution in [0.1, 0.15) is 39.8 Å². The van der Waals surface area contributed by atoms with Gasteiger partial charge < -0.3 is 9.36 Å². The van der Waals surface area contributed by atoms with E-state index >= 15 is 0 Å². The minimum absolute atomic E-state index is 0.0224. The summed E-state index contributed by atoms with van der Waals surface area (Å²) in [6, 6.07) is 3.88. The van der Waals surface area contributed by atoms with E-state index in [-0.39, 0.29) is 22.7 Å². The molecular formula is C15H17FN2O4S. The topological polar surface area (TPSA) is 81.8 Å². The molecule has 0 radical (unpaired) electrons. The largest absolute Gasteiger partial charge is 0.389 e. The van der Waals surface area contributed by atoms with Crippen LogP contribution in [0.4, 0.5) is 4.39 Å². The molecule has 3 rings (SSSR count). The number of nitrogens with zero attached hydrogens (tertiary/aromatic N) is 2. The van der Waals surface area contributed by atoms with Crippen LogP contribution in [-0.2, 0) is 19.4 Å². The van der Waals surface area contributed by atoms with Gasteiger partial charge in [0.25, 0.3) is 0 Å². The van der Waals surface area contributed by atoms with Gasteiger partial charge in [-0.25, -0.2) is 12.8 Å². The molecule has 1 aliphatic rings. The molecule has 0 aliphatic carbocycles. The highest BCUT2D eigenvalue weighted by atomic mass is 32.2. The van der Waals surface area contributed by atoms with Crippen molar-refractivity contribution in [2.24, 2.45) is 5.16 Å². The molecule has 0 fully saturated rings. The highest BCUT2D eigenvalue weighted by molar-refractivity contribution is 8.07. The average molecular weight is 340 g/mol. The Morgan fingerprint density at radius 2 is 2.00 bits per heavy atom. The number of aromatic nitrogens is 1. The Labute approximate surface area is 133 Å². The molecule has 0 saturated heterocycles. The Morgan fingerprint density at radius 1 is 1.30 bits per heavy atom. The molecule has 0 saturated carbocycles. The molecule has 0 amide bonds. The third kappa shape index (κ3) is 2.41. The quantitative estimate of drug-likeness (QED) is 0.839. The lowest BCUT2D eigenvalue weighted by Gasteiger charge is -2.22. The number of hydrogen-bond donors (Lipinski definition) is 0. The van der Waals surface area contributed by atoms with Crippen molar-refractivity contribution in [2.75, 3.05) is 0 Å². The third-order valence-electron chi connectivity index (χ3n) is 3.96. The lowest BCUT2D eigenvalue weighted by molar-refractivity contribution is 0.0123. The fourth-order valence-corrected chi connectivity index (χ4v) is 4.18. The van der Waals surface area contributed by atoms with Crippen LogP contribution in [-0.4, -0.2) is 24.2 Å². The maximum Gasteiger partial charge on any atom is 0.206 e. The molecule has 23 heavy (non-hydrogen) atoms. The van der Waals surface area contributed by atoms with Crippen molar-refractivity contribution >= 4 is 25.9 Å². The number of benzene rings is 1. The van der Waals surface area contributed by atoms with E-state index in [1.54, 1.807) is 13.8 Å². The molecule has 1 aromatic carbocycles. The van der Waals surface area contributed by atoms with Gasteiger partial charge >= 0.3 is 0 Å². The Morgan fingerprint density at radius 3 is 2.61 bits per heavy atom. The molecule has 8 heteroatoms. The molecule has 0 bridgehead atoms. The number of halogens is 1. The van der Waals surface area contributed by atoms with Gasteiger partial charge in [-0.05, 0) is 39.8 Å². The smallest absolute Gasteiger partial charge is 0.206 e. The van der Waals surface area contributed by atoms with E-state index in [9.17, 15) is 12.8 Å². The zero-order valence-corrected chi connectivity index (χ0v) is 14.1. The van der Waals surface area contributed by atoms with Gasteiger partial charge in [-0.15, -0.1) is 0 Å². The van der Waals surface area contributed by atoms with Crippen LogP contribution in [0.15, 0.2) is 27.9 Å². The molecule has 0 atom stereocenters. The van der Waals surface area contributed by atoms with Crippen LogP contribution in [0.3, 0.4) is 0 Å². The van der Waals surface area contributed by atoms with Crippen molar-refractivity contribution < 1.29 is 22.2 Å². The summed E-state index contributed by atoms with van der Waals surface area (Å²) in [7, 11) is -3.83. The van der Waals surface area contributed by atoms with E-state index in [0.29, 0.717) is 5.39 Å². The summed E-state index contributed by atoms with van der Waals surface area (Å²) in [5.41, 5.74) is -0.235. The second-order valence-corrected chi connectivity index (χ2v) is 9.20. The normalized spacial score (nSPS) is 18.0. The highest BCUT2D eigenvalue weighted by Crippen LogP contribution is 2.38. The molecule has 1 aromatic heterocycles. The first-order chi connectivity index (χ1) is 10.5. The van der Waals surface area contributed by atoms with Gasteiger partial charge in [0.1, 0.15) is 21.9 Å². The predicted molar refractivity (Wildman–Crippen MR) is 83.1 cm³/mol. The Bertz CT molecular complexity index is 913. The van der Waals surface area contributed by atoms with Crippen LogP contribution in [0, 0.1) is 5.82 Å². The van der Waals surface area contributed by atoms with Crippen molar-refractivity contribution in [3.63, 3.8) is 0 Å². The number of oxime groups is 1. The Balaban J connectivity index is 2.10. The molecule has 0 spiro atoms. The summed E-state index contributed by atoms with van der Waals surface area (Å²) >= 11 is 0. The maximum atomic E-state index is 13.3. The van der Waals surface area contributed by atoms with Gasteiger partial charge in [0.05, 0.1) is 0 Å². The van der Waals surface area contributed by atoms with Crippen molar-refractivity contribution in [2.45, 2.75) is 44.5 Å². The van der Waals surface area contributed by atoms with Gasteiger partial charge in [-0.2, -0.15) is 0 Å². The van der Waals surface area contributed by atoms with Crippen LogP contribution in [0.5, 0.6) is 0 Å². The lowest BCUT2D eigenvalue weighted by Crippen LogP contribution is -2.36. The predicted octanol–water partition coefficient (Wildman–Crippen LogP) is 3.13. The Kier molecular flexibility index (Phi) is 3.30. The summed E-state index contributed by atoms with van der Waals surface area (Å²) in [4.78, 5) is 5.17. The SMILES string of the molecule is CC1(C)CC(S(=O)(=O)C(C)(C)c2noc3cc(F)ccc23)=NO1. The second kappa shape index (κ2) is 4.77. The van der Waals surface area contributed by atoms with Gasteiger partial charge in [0, 0.05) is 17.9 Å². The summed E-state index contributed by atoms with van der Waals surface area (Å²) in [6.45, 7) is 6.58. The summed E-state index contributed by atoms with van der Waals surface area (Å²) in [5.74, 6) is -0.476. The first kappa shape index (κ1) is 15.9. The molecule has 2 aromatic rings. The van der Waals surface area contributed by atoms with E-state index in [0.717, 1.165) is 0 Å². The molecule has 1 aliphatic heterocycles. The van der Waals surface area contributed by atoms with Gasteiger partial charge in [0.15, 0.2) is 10.6 Å². The van der Waals surface area contributed by atoms with Gasteiger partial charge in [-0.3, -0.25) is 0 Å². The minimum Gasteiger partial charge on any atom is -0.389 e. The summed E-state index contributed by atoms with van der Waals surface area (Å²) < 4.78 is 42.9. The summed E-state index contributed by atoms with van der Waals surface area (Å²) in [6.07, 6.45) is 0.184. The maximum absolute atomic E-state index is 13.3. The second-order valence-electron chi connectivity index (χ2n) is 6.70. The first-order valence-corrected chi connectivity index (χ1v) is 8.58.